The minimum absolute atomic E-state index is 0.200. The van der Waals surface area contributed by atoms with Crippen molar-refractivity contribution in [1.29, 1.82) is 0 Å². The number of thiophene rings is 1. The summed E-state index contributed by atoms with van der Waals surface area (Å²) in [5.74, 6) is 0.399. The monoisotopic (exact) mass is 431 g/mol. The number of likely N-dealkylation sites (tertiary alicyclic amines) is 1. The summed E-state index contributed by atoms with van der Waals surface area (Å²) in [6, 6.07) is 20.4. The van der Waals surface area contributed by atoms with Gasteiger partial charge in [-0.25, -0.2) is 0 Å². The van der Waals surface area contributed by atoms with Gasteiger partial charge < -0.3 is 9.84 Å². The van der Waals surface area contributed by atoms with Crippen LogP contribution >= 0.6 is 11.3 Å². The molecular weight excluding hydrogens is 406 g/mol. The minimum Gasteiger partial charge on any atom is -0.355 e. The van der Waals surface area contributed by atoms with Gasteiger partial charge in [0.1, 0.15) is 0 Å². The maximum absolute atomic E-state index is 12.8. The average Bonchev–Trinajstić information content (AvgIpc) is 3.52. The van der Waals surface area contributed by atoms with Crippen molar-refractivity contribution in [1.82, 2.24) is 15.4 Å². The molecule has 3 heterocycles. The second-order valence-corrected chi connectivity index (χ2v) is 8.96. The number of fused-ring (bicyclic) bond motifs is 1. The van der Waals surface area contributed by atoms with E-state index in [2.05, 4.69) is 57.2 Å². The SMILES string of the molecule is O=C(NCC(c1cccs1)N1CCCCC1)c1cc(-c2ccc3ccccc3c2)on1. The molecule has 1 fully saturated rings. The van der Waals surface area contributed by atoms with Crippen LogP contribution in [0.1, 0.15) is 40.7 Å². The Bertz CT molecular complexity index is 1160. The van der Waals surface area contributed by atoms with Crippen LogP contribution < -0.4 is 5.32 Å². The first-order chi connectivity index (χ1) is 15.3. The fourth-order valence-corrected chi connectivity index (χ4v) is 5.12. The molecule has 1 unspecified atom stereocenters. The molecule has 1 aliphatic rings. The predicted octanol–water partition coefficient (Wildman–Crippen LogP) is 5.51. The van der Waals surface area contributed by atoms with Crippen molar-refractivity contribution in [3.05, 3.63) is 76.6 Å². The number of rotatable bonds is 6. The molecule has 0 radical (unpaired) electrons. The molecule has 1 amide bonds. The predicted molar refractivity (Wildman–Crippen MR) is 124 cm³/mol. The van der Waals surface area contributed by atoms with Crippen molar-refractivity contribution in [2.75, 3.05) is 19.6 Å². The van der Waals surface area contributed by atoms with Gasteiger partial charge in [0.25, 0.3) is 5.91 Å². The van der Waals surface area contributed by atoms with E-state index in [1.807, 2.05) is 18.2 Å². The molecule has 2 aromatic carbocycles. The van der Waals surface area contributed by atoms with E-state index in [4.69, 9.17) is 4.52 Å². The summed E-state index contributed by atoms with van der Waals surface area (Å²) >= 11 is 1.75. The molecule has 31 heavy (non-hydrogen) atoms. The van der Waals surface area contributed by atoms with Crippen LogP contribution in [0.2, 0.25) is 0 Å². The molecular formula is C25H25N3O2S. The van der Waals surface area contributed by atoms with Crippen LogP contribution in [0.15, 0.2) is 70.6 Å². The number of benzene rings is 2. The highest BCUT2D eigenvalue weighted by Crippen LogP contribution is 2.28. The Kier molecular flexibility index (Phi) is 5.82. The lowest BCUT2D eigenvalue weighted by atomic mass is 10.1. The van der Waals surface area contributed by atoms with Crippen LogP contribution in [-0.4, -0.2) is 35.6 Å². The number of amides is 1. The van der Waals surface area contributed by atoms with Gasteiger partial charge in [0.2, 0.25) is 0 Å². The zero-order valence-corrected chi connectivity index (χ0v) is 18.1. The lowest BCUT2D eigenvalue weighted by Gasteiger charge is -2.34. The number of hydrogen-bond donors (Lipinski definition) is 1. The fourth-order valence-electron chi connectivity index (χ4n) is 4.26. The number of carbonyl (C=O) groups is 1. The highest BCUT2D eigenvalue weighted by molar-refractivity contribution is 7.10. The highest BCUT2D eigenvalue weighted by atomic mass is 32.1. The van der Waals surface area contributed by atoms with Crippen molar-refractivity contribution in [2.24, 2.45) is 0 Å². The van der Waals surface area contributed by atoms with Gasteiger partial charge >= 0.3 is 0 Å². The fraction of sp³-hybridized carbons (Fsp3) is 0.280. The first kappa shape index (κ1) is 20.0. The lowest BCUT2D eigenvalue weighted by Crippen LogP contribution is -2.40. The Hall–Kier alpha value is -2.96. The van der Waals surface area contributed by atoms with Crippen LogP contribution in [0, 0.1) is 0 Å². The van der Waals surface area contributed by atoms with Crippen molar-refractivity contribution in [3.63, 3.8) is 0 Å². The minimum atomic E-state index is -0.200. The molecule has 6 heteroatoms. The Labute approximate surface area is 185 Å². The Morgan fingerprint density at radius 1 is 1.03 bits per heavy atom. The highest BCUT2D eigenvalue weighted by Gasteiger charge is 2.24. The average molecular weight is 432 g/mol. The summed E-state index contributed by atoms with van der Waals surface area (Å²) in [5.41, 5.74) is 1.22. The quantitative estimate of drug-likeness (QED) is 0.437. The van der Waals surface area contributed by atoms with Crippen molar-refractivity contribution in [3.8, 4) is 11.3 Å². The van der Waals surface area contributed by atoms with Gasteiger partial charge in [-0.1, -0.05) is 54.0 Å². The number of hydrogen-bond acceptors (Lipinski definition) is 5. The maximum atomic E-state index is 12.8. The van der Waals surface area contributed by atoms with Gasteiger partial charge in [-0.15, -0.1) is 11.3 Å². The van der Waals surface area contributed by atoms with E-state index < -0.39 is 0 Å². The van der Waals surface area contributed by atoms with E-state index in [9.17, 15) is 4.79 Å². The number of piperidine rings is 1. The Morgan fingerprint density at radius 3 is 2.68 bits per heavy atom. The molecule has 0 bridgehead atoms. The zero-order valence-electron chi connectivity index (χ0n) is 17.3. The van der Waals surface area contributed by atoms with E-state index in [0.717, 1.165) is 24.0 Å². The molecule has 1 aliphatic heterocycles. The van der Waals surface area contributed by atoms with Gasteiger partial charge in [-0.05, 0) is 54.2 Å². The first-order valence-electron chi connectivity index (χ1n) is 10.8. The molecule has 1 saturated heterocycles. The van der Waals surface area contributed by atoms with E-state index in [1.54, 1.807) is 17.4 Å². The smallest absolute Gasteiger partial charge is 0.273 e. The molecule has 0 saturated carbocycles. The third-order valence-electron chi connectivity index (χ3n) is 5.94. The molecule has 158 valence electrons. The standard InChI is InChI=1S/C25H25N3O2S/c29-25(26-17-22(24-9-6-14-31-24)28-12-4-1-5-13-28)21-16-23(30-27-21)20-11-10-18-7-2-3-8-19(18)15-20/h2-3,6-11,14-16,22H,1,4-5,12-13,17H2,(H,26,29). The molecule has 4 aromatic rings. The summed E-state index contributed by atoms with van der Waals surface area (Å²) in [5, 5.41) is 11.5. The molecule has 1 atom stereocenters. The van der Waals surface area contributed by atoms with Gasteiger partial charge in [0, 0.05) is 23.1 Å². The summed E-state index contributed by atoms with van der Waals surface area (Å²) in [4.78, 5) is 16.6. The van der Waals surface area contributed by atoms with Crippen molar-refractivity contribution in [2.45, 2.75) is 25.3 Å². The molecule has 5 rings (SSSR count). The Balaban J connectivity index is 1.29. The second kappa shape index (κ2) is 9.04. The van der Waals surface area contributed by atoms with Gasteiger partial charge in [-0.2, -0.15) is 0 Å². The van der Waals surface area contributed by atoms with Crippen molar-refractivity contribution < 1.29 is 9.32 Å². The summed E-state index contributed by atoms with van der Waals surface area (Å²) in [6.45, 7) is 2.72. The van der Waals surface area contributed by atoms with Crippen LogP contribution in [0.4, 0.5) is 0 Å². The third kappa shape index (κ3) is 4.40. The summed E-state index contributed by atoms with van der Waals surface area (Å²) in [6.07, 6.45) is 3.72. The number of nitrogens with one attached hydrogen (secondary N) is 1. The van der Waals surface area contributed by atoms with Crippen LogP contribution in [-0.2, 0) is 0 Å². The van der Waals surface area contributed by atoms with Gasteiger partial charge in [0.15, 0.2) is 11.5 Å². The second-order valence-electron chi connectivity index (χ2n) is 7.98. The molecule has 2 aromatic heterocycles. The molecule has 1 N–H and O–H groups in total. The maximum Gasteiger partial charge on any atom is 0.273 e. The van der Waals surface area contributed by atoms with E-state index in [1.165, 1.54) is 29.5 Å². The number of nitrogens with zero attached hydrogens (tertiary/aromatic N) is 2. The van der Waals surface area contributed by atoms with Gasteiger partial charge in [0.05, 0.1) is 6.04 Å². The normalized spacial score (nSPS) is 15.7. The lowest BCUT2D eigenvalue weighted by molar-refractivity contribution is 0.0917. The van der Waals surface area contributed by atoms with Crippen LogP contribution in [0.25, 0.3) is 22.1 Å². The number of aromatic nitrogens is 1. The van der Waals surface area contributed by atoms with Gasteiger partial charge in [-0.3, -0.25) is 9.69 Å². The van der Waals surface area contributed by atoms with E-state index in [-0.39, 0.29) is 11.9 Å². The van der Waals surface area contributed by atoms with E-state index in [0.29, 0.717) is 18.0 Å². The van der Waals surface area contributed by atoms with Crippen LogP contribution in [0.5, 0.6) is 0 Å². The molecule has 0 aliphatic carbocycles. The largest absolute Gasteiger partial charge is 0.355 e. The molecule has 0 spiro atoms. The van der Waals surface area contributed by atoms with Crippen LogP contribution in [0.3, 0.4) is 0 Å². The van der Waals surface area contributed by atoms with E-state index >= 15 is 0 Å². The first-order valence-corrected chi connectivity index (χ1v) is 11.7. The number of carbonyl (C=O) groups excluding carboxylic acids is 1. The molecule has 5 nitrogen and oxygen atoms in total. The summed E-state index contributed by atoms with van der Waals surface area (Å²) < 4.78 is 5.50. The topological polar surface area (TPSA) is 58.4 Å². The third-order valence-corrected chi connectivity index (χ3v) is 6.91. The summed E-state index contributed by atoms with van der Waals surface area (Å²) in [7, 11) is 0. The zero-order chi connectivity index (χ0) is 21.0. The Morgan fingerprint density at radius 2 is 1.87 bits per heavy atom. The van der Waals surface area contributed by atoms with Crippen molar-refractivity contribution >= 4 is 28.0 Å².